The molecule has 0 amide bonds. The minimum absolute atomic E-state index is 0.271. The van der Waals surface area contributed by atoms with Gasteiger partial charge in [0, 0.05) is 10.7 Å². The number of halogens is 4. The van der Waals surface area contributed by atoms with Crippen LogP contribution in [0.3, 0.4) is 0 Å². The zero-order valence-electron chi connectivity index (χ0n) is 10.6. The van der Waals surface area contributed by atoms with E-state index in [-0.39, 0.29) is 6.04 Å². The van der Waals surface area contributed by atoms with E-state index in [9.17, 15) is 13.2 Å². The van der Waals surface area contributed by atoms with Crippen molar-refractivity contribution in [2.45, 2.75) is 12.2 Å². The summed E-state index contributed by atoms with van der Waals surface area (Å²) in [5, 5.41) is 3.06. The lowest BCUT2D eigenvalue weighted by Gasteiger charge is -2.18. The highest BCUT2D eigenvalue weighted by Gasteiger charge is 2.30. The molecule has 1 heterocycles. The minimum Gasteiger partial charge on any atom is -0.308 e. The number of hydrogen-bond donors (Lipinski definition) is 1. The first kappa shape index (κ1) is 15.0. The summed E-state index contributed by atoms with van der Waals surface area (Å²) < 4.78 is 38.5. The zero-order chi connectivity index (χ0) is 14.8. The number of rotatable bonds is 3. The molecule has 20 heavy (non-hydrogen) atoms. The van der Waals surface area contributed by atoms with Gasteiger partial charge in [-0.3, -0.25) is 4.98 Å². The molecule has 1 aromatic carbocycles. The summed E-state index contributed by atoms with van der Waals surface area (Å²) in [5.74, 6) is 0. The Morgan fingerprint density at radius 3 is 2.30 bits per heavy atom. The summed E-state index contributed by atoms with van der Waals surface area (Å²) in [5.41, 5.74) is 0.797. The van der Waals surface area contributed by atoms with E-state index in [4.69, 9.17) is 0 Å². The van der Waals surface area contributed by atoms with Gasteiger partial charge in [0.05, 0.1) is 17.3 Å². The Morgan fingerprint density at radius 1 is 1.15 bits per heavy atom. The molecular formula is C14H12BrF3N2. The molecule has 1 unspecified atom stereocenters. The average Bonchev–Trinajstić information content (AvgIpc) is 2.41. The highest BCUT2D eigenvalue weighted by atomic mass is 79.9. The molecule has 1 atom stereocenters. The average molecular weight is 345 g/mol. The summed E-state index contributed by atoms with van der Waals surface area (Å²) in [6.45, 7) is 0. The van der Waals surface area contributed by atoms with Crippen LogP contribution in [-0.4, -0.2) is 12.0 Å². The van der Waals surface area contributed by atoms with Gasteiger partial charge in [-0.25, -0.2) is 0 Å². The monoisotopic (exact) mass is 344 g/mol. The van der Waals surface area contributed by atoms with E-state index in [1.165, 1.54) is 12.1 Å². The Hall–Kier alpha value is -1.40. The number of hydrogen-bond acceptors (Lipinski definition) is 2. The van der Waals surface area contributed by atoms with Crippen molar-refractivity contribution in [3.05, 3.63) is 63.9 Å². The van der Waals surface area contributed by atoms with E-state index >= 15 is 0 Å². The van der Waals surface area contributed by atoms with Gasteiger partial charge in [-0.2, -0.15) is 13.2 Å². The third-order valence-electron chi connectivity index (χ3n) is 2.92. The first-order valence-electron chi connectivity index (χ1n) is 5.88. The van der Waals surface area contributed by atoms with Crippen LogP contribution in [0.4, 0.5) is 13.2 Å². The molecule has 2 rings (SSSR count). The molecule has 0 aliphatic rings. The number of nitrogens with one attached hydrogen (secondary N) is 1. The number of benzene rings is 1. The molecule has 0 aliphatic carbocycles. The van der Waals surface area contributed by atoms with Crippen molar-refractivity contribution in [1.82, 2.24) is 10.3 Å². The molecule has 0 aliphatic heterocycles. The molecule has 0 fully saturated rings. The lowest BCUT2D eigenvalue weighted by Crippen LogP contribution is -2.19. The number of alkyl halides is 3. The quantitative estimate of drug-likeness (QED) is 0.903. The van der Waals surface area contributed by atoms with E-state index in [0.29, 0.717) is 0 Å². The highest BCUT2D eigenvalue weighted by Crippen LogP contribution is 2.31. The van der Waals surface area contributed by atoms with Crippen LogP contribution < -0.4 is 5.32 Å². The Kier molecular flexibility index (Phi) is 4.45. The van der Waals surface area contributed by atoms with Crippen molar-refractivity contribution in [2.75, 3.05) is 7.05 Å². The van der Waals surface area contributed by atoms with Crippen LogP contribution in [0, 0.1) is 0 Å². The molecule has 0 spiro atoms. The van der Waals surface area contributed by atoms with Crippen molar-refractivity contribution in [2.24, 2.45) is 0 Å². The van der Waals surface area contributed by atoms with Crippen molar-refractivity contribution >= 4 is 15.9 Å². The van der Waals surface area contributed by atoms with Crippen molar-refractivity contribution in [1.29, 1.82) is 0 Å². The number of nitrogens with zero attached hydrogens (tertiary/aromatic N) is 1. The molecule has 6 heteroatoms. The molecule has 2 aromatic rings. The Balaban J connectivity index is 2.36. The maximum absolute atomic E-state index is 12.6. The van der Waals surface area contributed by atoms with E-state index in [1.807, 2.05) is 6.07 Å². The van der Waals surface area contributed by atoms with Crippen LogP contribution in [-0.2, 0) is 6.18 Å². The summed E-state index contributed by atoms with van der Waals surface area (Å²) >= 11 is 3.40. The van der Waals surface area contributed by atoms with Gasteiger partial charge >= 0.3 is 6.18 Å². The van der Waals surface area contributed by atoms with Crippen molar-refractivity contribution in [3.8, 4) is 0 Å². The summed E-state index contributed by atoms with van der Waals surface area (Å²) in [7, 11) is 1.74. The second kappa shape index (κ2) is 5.93. The summed E-state index contributed by atoms with van der Waals surface area (Å²) in [6.07, 6.45) is -2.67. The van der Waals surface area contributed by atoms with Gasteiger partial charge in [0.15, 0.2) is 0 Å². The zero-order valence-corrected chi connectivity index (χ0v) is 12.2. The fourth-order valence-corrected chi connectivity index (χ4v) is 2.42. The smallest absolute Gasteiger partial charge is 0.308 e. The number of aromatic nitrogens is 1. The molecule has 0 bridgehead atoms. The Bertz CT molecular complexity index is 582. The van der Waals surface area contributed by atoms with E-state index < -0.39 is 11.7 Å². The van der Waals surface area contributed by atoms with Gasteiger partial charge in [0.2, 0.25) is 0 Å². The molecule has 2 nitrogen and oxygen atoms in total. The molecular weight excluding hydrogens is 333 g/mol. The van der Waals surface area contributed by atoms with Gasteiger partial charge in [0.25, 0.3) is 0 Å². The third kappa shape index (κ3) is 3.19. The maximum Gasteiger partial charge on any atom is 0.416 e. The van der Waals surface area contributed by atoms with Crippen LogP contribution in [0.2, 0.25) is 0 Å². The second-order valence-electron chi connectivity index (χ2n) is 4.21. The summed E-state index contributed by atoms with van der Waals surface area (Å²) in [4.78, 5) is 4.27. The fourth-order valence-electron chi connectivity index (χ4n) is 1.94. The van der Waals surface area contributed by atoms with Gasteiger partial charge in [-0.15, -0.1) is 0 Å². The van der Waals surface area contributed by atoms with Crippen molar-refractivity contribution in [3.63, 3.8) is 0 Å². The van der Waals surface area contributed by atoms with Gasteiger partial charge in [-0.1, -0.05) is 12.1 Å². The highest BCUT2D eigenvalue weighted by molar-refractivity contribution is 9.10. The van der Waals surface area contributed by atoms with Crippen molar-refractivity contribution < 1.29 is 13.2 Å². The third-order valence-corrected chi connectivity index (χ3v) is 3.59. The largest absolute Gasteiger partial charge is 0.416 e. The van der Waals surface area contributed by atoms with Crippen LogP contribution in [0.15, 0.2) is 47.1 Å². The molecule has 106 valence electrons. The van der Waals surface area contributed by atoms with E-state index in [2.05, 4.69) is 26.2 Å². The Morgan fingerprint density at radius 2 is 1.80 bits per heavy atom. The lowest BCUT2D eigenvalue weighted by atomic mass is 10.0. The van der Waals surface area contributed by atoms with E-state index in [1.54, 1.807) is 19.3 Å². The first-order valence-corrected chi connectivity index (χ1v) is 6.67. The summed E-state index contributed by atoms with van der Waals surface area (Å²) in [6, 6.07) is 8.44. The molecule has 1 aromatic heterocycles. The maximum atomic E-state index is 12.6. The molecule has 0 radical (unpaired) electrons. The first-order chi connectivity index (χ1) is 9.43. The second-order valence-corrected chi connectivity index (χ2v) is 5.07. The van der Waals surface area contributed by atoms with Gasteiger partial charge in [-0.05, 0) is 52.8 Å². The van der Waals surface area contributed by atoms with Crippen LogP contribution in [0.25, 0.3) is 0 Å². The standard InChI is InChI=1S/C14H12BrF3N2/c1-19-12(13-11(15)3-2-8-20-13)9-4-6-10(7-5-9)14(16,17)18/h2-8,12,19H,1H3. The minimum atomic E-state index is -4.32. The molecule has 0 saturated carbocycles. The van der Waals surface area contributed by atoms with Crippen LogP contribution >= 0.6 is 15.9 Å². The van der Waals surface area contributed by atoms with Crippen LogP contribution in [0.1, 0.15) is 22.9 Å². The molecule has 0 saturated heterocycles. The predicted octanol–water partition coefficient (Wildman–Crippen LogP) is 4.17. The van der Waals surface area contributed by atoms with Gasteiger partial charge in [0.1, 0.15) is 0 Å². The normalized spacial score (nSPS) is 13.2. The number of pyridine rings is 1. The Labute approximate surface area is 123 Å². The SMILES string of the molecule is CNC(c1ccc(C(F)(F)F)cc1)c1ncccc1Br. The predicted molar refractivity (Wildman–Crippen MR) is 74.3 cm³/mol. The molecule has 1 N–H and O–H groups in total. The van der Waals surface area contributed by atoms with Gasteiger partial charge < -0.3 is 5.32 Å². The topological polar surface area (TPSA) is 24.9 Å². The van der Waals surface area contributed by atoms with Crippen LogP contribution in [0.5, 0.6) is 0 Å². The lowest BCUT2D eigenvalue weighted by molar-refractivity contribution is -0.137. The fraction of sp³-hybridized carbons (Fsp3) is 0.214. The van der Waals surface area contributed by atoms with E-state index in [0.717, 1.165) is 27.9 Å².